The van der Waals surface area contributed by atoms with Crippen molar-refractivity contribution in [1.82, 2.24) is 4.90 Å². The molecule has 2 aromatic rings. The summed E-state index contributed by atoms with van der Waals surface area (Å²) in [5.41, 5.74) is 2.44. The highest BCUT2D eigenvalue weighted by atomic mass is 79.9. The van der Waals surface area contributed by atoms with Crippen LogP contribution >= 0.6 is 15.9 Å². The third kappa shape index (κ3) is 6.32. The van der Waals surface area contributed by atoms with Gasteiger partial charge in [0.15, 0.2) is 6.61 Å². The van der Waals surface area contributed by atoms with Crippen LogP contribution in [0, 0.1) is 0 Å². The minimum atomic E-state index is -0.264. The summed E-state index contributed by atoms with van der Waals surface area (Å²) in [4.78, 5) is 26.3. The molecule has 0 spiro atoms. The summed E-state index contributed by atoms with van der Waals surface area (Å²) in [6, 6.07) is 12.8. The Kier molecular flexibility index (Phi) is 7.85. The fraction of sp³-hybridized carbons (Fsp3) is 0.391. The Labute approximate surface area is 181 Å². The highest BCUT2D eigenvalue weighted by Gasteiger charge is 2.16. The first-order valence-corrected chi connectivity index (χ1v) is 10.6. The molecule has 156 valence electrons. The number of halogens is 1. The molecule has 0 radical (unpaired) electrons. The SMILES string of the molecule is CCN(CC)C(=O)c1ccc(NC(=O)COc2ccc(C(C)(C)C)cc2Br)cc1. The summed E-state index contributed by atoms with van der Waals surface area (Å²) < 4.78 is 6.46. The van der Waals surface area contributed by atoms with Crippen LogP contribution in [0.1, 0.15) is 50.5 Å². The zero-order chi connectivity index (χ0) is 21.6. The summed E-state index contributed by atoms with van der Waals surface area (Å²) in [6.07, 6.45) is 0. The molecule has 0 atom stereocenters. The van der Waals surface area contributed by atoms with Gasteiger partial charge in [-0.3, -0.25) is 9.59 Å². The van der Waals surface area contributed by atoms with Crippen molar-refractivity contribution in [1.29, 1.82) is 0 Å². The number of hydrogen-bond donors (Lipinski definition) is 1. The normalized spacial score (nSPS) is 11.1. The van der Waals surface area contributed by atoms with Gasteiger partial charge in [-0.15, -0.1) is 0 Å². The fourth-order valence-electron chi connectivity index (χ4n) is 2.81. The number of amides is 2. The highest BCUT2D eigenvalue weighted by Crippen LogP contribution is 2.31. The van der Waals surface area contributed by atoms with Crippen molar-refractivity contribution >= 4 is 33.4 Å². The van der Waals surface area contributed by atoms with E-state index in [0.29, 0.717) is 30.1 Å². The number of hydrogen-bond acceptors (Lipinski definition) is 3. The topological polar surface area (TPSA) is 58.6 Å². The van der Waals surface area contributed by atoms with E-state index in [1.165, 1.54) is 5.56 Å². The van der Waals surface area contributed by atoms with Crippen LogP contribution in [0.15, 0.2) is 46.9 Å². The largest absolute Gasteiger partial charge is 0.483 e. The molecule has 29 heavy (non-hydrogen) atoms. The minimum Gasteiger partial charge on any atom is -0.483 e. The summed E-state index contributed by atoms with van der Waals surface area (Å²) in [5, 5.41) is 2.79. The van der Waals surface area contributed by atoms with E-state index in [4.69, 9.17) is 4.74 Å². The lowest BCUT2D eigenvalue weighted by atomic mass is 9.87. The van der Waals surface area contributed by atoms with Crippen molar-refractivity contribution in [2.45, 2.75) is 40.0 Å². The van der Waals surface area contributed by atoms with Crippen molar-refractivity contribution in [3.05, 3.63) is 58.1 Å². The molecule has 5 nitrogen and oxygen atoms in total. The summed E-state index contributed by atoms with van der Waals surface area (Å²) in [7, 11) is 0. The van der Waals surface area contributed by atoms with Gasteiger partial charge >= 0.3 is 0 Å². The van der Waals surface area contributed by atoms with E-state index in [-0.39, 0.29) is 23.8 Å². The molecule has 6 heteroatoms. The third-order valence-corrected chi connectivity index (χ3v) is 5.24. The maximum atomic E-state index is 12.3. The van der Waals surface area contributed by atoms with Crippen molar-refractivity contribution in [3.8, 4) is 5.75 Å². The predicted octanol–water partition coefficient (Wildman–Crippen LogP) is 5.25. The number of anilines is 1. The molecule has 2 rings (SSSR count). The lowest BCUT2D eigenvalue weighted by Crippen LogP contribution is -2.30. The predicted molar refractivity (Wildman–Crippen MR) is 121 cm³/mol. The first-order chi connectivity index (χ1) is 13.7. The van der Waals surface area contributed by atoms with Crippen LogP contribution in [-0.2, 0) is 10.2 Å². The monoisotopic (exact) mass is 460 g/mol. The molecular weight excluding hydrogens is 432 g/mol. The molecule has 0 heterocycles. The Balaban J connectivity index is 1.94. The Bertz CT molecular complexity index is 853. The number of ether oxygens (including phenoxy) is 1. The molecule has 0 bridgehead atoms. The molecule has 0 aliphatic rings. The van der Waals surface area contributed by atoms with Gasteiger partial charge < -0.3 is 15.0 Å². The van der Waals surface area contributed by atoms with Crippen LogP contribution in [0.4, 0.5) is 5.69 Å². The summed E-state index contributed by atoms with van der Waals surface area (Å²) >= 11 is 3.51. The van der Waals surface area contributed by atoms with Crippen LogP contribution < -0.4 is 10.1 Å². The van der Waals surface area contributed by atoms with Gasteiger partial charge in [-0.05, 0) is 77.2 Å². The van der Waals surface area contributed by atoms with Crippen molar-refractivity contribution < 1.29 is 14.3 Å². The second-order valence-corrected chi connectivity index (χ2v) is 8.64. The second kappa shape index (κ2) is 9.92. The molecule has 0 unspecified atom stereocenters. The number of nitrogens with one attached hydrogen (secondary N) is 1. The molecule has 1 N–H and O–H groups in total. The first-order valence-electron chi connectivity index (χ1n) is 9.77. The molecule has 0 saturated carbocycles. The Morgan fingerprint density at radius 3 is 2.17 bits per heavy atom. The second-order valence-electron chi connectivity index (χ2n) is 7.79. The number of carbonyl (C=O) groups excluding carboxylic acids is 2. The molecule has 2 aromatic carbocycles. The van der Waals surface area contributed by atoms with Gasteiger partial charge in [-0.25, -0.2) is 0 Å². The van der Waals surface area contributed by atoms with Crippen molar-refractivity contribution in [2.75, 3.05) is 25.0 Å². The maximum absolute atomic E-state index is 12.3. The lowest BCUT2D eigenvalue weighted by Gasteiger charge is -2.20. The van der Waals surface area contributed by atoms with Crippen molar-refractivity contribution in [2.24, 2.45) is 0 Å². The van der Waals surface area contributed by atoms with E-state index in [0.717, 1.165) is 4.47 Å². The zero-order valence-corrected chi connectivity index (χ0v) is 19.3. The van der Waals surface area contributed by atoms with E-state index in [1.54, 1.807) is 29.2 Å². The molecule has 0 fully saturated rings. The zero-order valence-electron chi connectivity index (χ0n) is 17.7. The van der Waals surface area contributed by atoms with Crippen molar-refractivity contribution in [3.63, 3.8) is 0 Å². The standard InChI is InChI=1S/C23H29BrN2O3/c1-6-26(7-2)22(28)16-8-11-18(12-9-16)25-21(27)15-29-20-13-10-17(14-19(20)24)23(3,4)5/h8-14H,6-7,15H2,1-5H3,(H,25,27). The third-order valence-electron chi connectivity index (χ3n) is 4.62. The molecule has 0 aliphatic carbocycles. The van der Waals surface area contributed by atoms with Gasteiger partial charge in [-0.2, -0.15) is 0 Å². The van der Waals surface area contributed by atoms with Crippen LogP contribution in [0.2, 0.25) is 0 Å². The highest BCUT2D eigenvalue weighted by molar-refractivity contribution is 9.10. The first kappa shape index (κ1) is 22.9. The number of rotatable bonds is 7. The lowest BCUT2D eigenvalue weighted by molar-refractivity contribution is -0.118. The van der Waals surface area contributed by atoms with E-state index >= 15 is 0 Å². The van der Waals surface area contributed by atoms with E-state index in [2.05, 4.69) is 42.0 Å². The average Bonchev–Trinajstić information content (AvgIpc) is 2.67. The molecular formula is C23H29BrN2O3. The summed E-state index contributed by atoms with van der Waals surface area (Å²) in [6.45, 7) is 11.6. The molecule has 0 aliphatic heterocycles. The van der Waals surface area contributed by atoms with Gasteiger partial charge in [-0.1, -0.05) is 26.8 Å². The van der Waals surface area contributed by atoms with Gasteiger partial charge in [0.25, 0.3) is 11.8 Å². The van der Waals surface area contributed by atoms with Crippen LogP contribution in [0.3, 0.4) is 0 Å². The molecule has 2 amide bonds. The van der Waals surface area contributed by atoms with Gasteiger partial charge in [0.05, 0.1) is 4.47 Å². The van der Waals surface area contributed by atoms with Gasteiger partial charge in [0, 0.05) is 24.3 Å². The molecule has 0 saturated heterocycles. The Morgan fingerprint density at radius 2 is 1.66 bits per heavy atom. The maximum Gasteiger partial charge on any atom is 0.262 e. The quantitative estimate of drug-likeness (QED) is 0.613. The van der Waals surface area contributed by atoms with Crippen LogP contribution in [0.5, 0.6) is 5.75 Å². The van der Waals surface area contributed by atoms with Gasteiger partial charge in [0.1, 0.15) is 5.75 Å². The Hall–Kier alpha value is -2.34. The smallest absolute Gasteiger partial charge is 0.262 e. The van der Waals surface area contributed by atoms with E-state index < -0.39 is 0 Å². The number of benzene rings is 2. The van der Waals surface area contributed by atoms with Gasteiger partial charge in [0.2, 0.25) is 0 Å². The summed E-state index contributed by atoms with van der Waals surface area (Å²) in [5.74, 6) is 0.340. The Morgan fingerprint density at radius 1 is 1.03 bits per heavy atom. The van der Waals surface area contributed by atoms with E-state index in [9.17, 15) is 9.59 Å². The number of carbonyl (C=O) groups is 2. The van der Waals surface area contributed by atoms with Crippen LogP contribution in [-0.4, -0.2) is 36.4 Å². The average molecular weight is 461 g/mol. The van der Waals surface area contributed by atoms with Crippen LogP contribution in [0.25, 0.3) is 0 Å². The van der Waals surface area contributed by atoms with E-state index in [1.807, 2.05) is 32.0 Å². The molecule has 0 aromatic heterocycles. The fourth-order valence-corrected chi connectivity index (χ4v) is 3.31. The number of nitrogens with zero attached hydrogens (tertiary/aromatic N) is 1. The minimum absolute atomic E-state index is 0.0141.